The van der Waals surface area contributed by atoms with Gasteiger partial charge in [-0.3, -0.25) is 5.43 Å². The van der Waals surface area contributed by atoms with Crippen LogP contribution in [0.4, 0.5) is 5.69 Å². The number of benzene rings is 3. The molecule has 0 saturated heterocycles. The molecular weight excluding hydrogens is 509 g/mol. The molecule has 0 bridgehead atoms. The standard InChI is InChI=1S/C21H14BrCl2N3O2S/c22-14-8-9-19(29-20(28)17-6-1-2-7-18(17)24)13(10-14)12-25-27-21(30)26-16-5-3-4-15(23)11-16/h1-12H,(H2,26,27,30)/b25-12+. The molecule has 0 aliphatic carbocycles. The van der Waals surface area contributed by atoms with Crippen molar-refractivity contribution in [3.05, 3.63) is 92.4 Å². The van der Waals surface area contributed by atoms with Gasteiger partial charge in [0.15, 0.2) is 5.11 Å². The second kappa shape index (κ2) is 10.5. The third kappa shape index (κ3) is 6.27. The lowest BCUT2D eigenvalue weighted by Gasteiger charge is -2.09. The van der Waals surface area contributed by atoms with E-state index in [4.69, 9.17) is 40.2 Å². The van der Waals surface area contributed by atoms with E-state index in [0.29, 0.717) is 21.4 Å². The third-order valence-electron chi connectivity index (χ3n) is 3.72. The van der Waals surface area contributed by atoms with E-state index >= 15 is 0 Å². The molecule has 0 aliphatic rings. The highest BCUT2D eigenvalue weighted by atomic mass is 79.9. The Balaban J connectivity index is 1.69. The number of carbonyl (C=O) groups is 1. The maximum absolute atomic E-state index is 12.5. The van der Waals surface area contributed by atoms with Crippen molar-refractivity contribution in [3.63, 3.8) is 0 Å². The molecule has 3 aromatic rings. The number of nitrogens with zero attached hydrogens (tertiary/aromatic N) is 1. The average Bonchev–Trinajstić information content (AvgIpc) is 2.70. The van der Waals surface area contributed by atoms with Crippen molar-refractivity contribution >= 4 is 74.3 Å². The van der Waals surface area contributed by atoms with Crippen LogP contribution in [0.25, 0.3) is 0 Å². The minimum atomic E-state index is -0.566. The minimum absolute atomic E-state index is 0.273. The number of nitrogens with one attached hydrogen (secondary N) is 2. The number of hydrogen-bond donors (Lipinski definition) is 2. The van der Waals surface area contributed by atoms with Gasteiger partial charge in [0, 0.05) is 20.7 Å². The first-order chi connectivity index (χ1) is 14.4. The first-order valence-corrected chi connectivity index (χ1v) is 10.5. The lowest BCUT2D eigenvalue weighted by atomic mass is 10.2. The van der Waals surface area contributed by atoms with Crippen LogP contribution in [0, 0.1) is 0 Å². The highest BCUT2D eigenvalue weighted by Crippen LogP contribution is 2.24. The maximum atomic E-state index is 12.5. The fourth-order valence-corrected chi connectivity index (χ4v) is 3.33. The molecule has 0 heterocycles. The summed E-state index contributed by atoms with van der Waals surface area (Å²) in [4.78, 5) is 12.5. The topological polar surface area (TPSA) is 62.7 Å². The summed E-state index contributed by atoms with van der Waals surface area (Å²) >= 11 is 20.6. The first kappa shape index (κ1) is 22.2. The van der Waals surface area contributed by atoms with Crippen LogP contribution >= 0.6 is 51.3 Å². The summed E-state index contributed by atoms with van der Waals surface area (Å²) in [5.41, 5.74) is 4.27. The van der Waals surface area contributed by atoms with Crippen molar-refractivity contribution in [3.8, 4) is 5.75 Å². The van der Waals surface area contributed by atoms with E-state index in [2.05, 4.69) is 31.8 Å². The van der Waals surface area contributed by atoms with Crippen LogP contribution in [0.1, 0.15) is 15.9 Å². The summed E-state index contributed by atoms with van der Waals surface area (Å²) in [6, 6.07) is 19.0. The van der Waals surface area contributed by atoms with E-state index in [1.165, 1.54) is 6.21 Å². The normalized spacial score (nSPS) is 10.6. The molecule has 0 aromatic heterocycles. The second-order valence-corrected chi connectivity index (χ2v) is 8.05. The molecule has 0 aliphatic heterocycles. The number of rotatable bonds is 5. The van der Waals surface area contributed by atoms with Gasteiger partial charge < -0.3 is 10.1 Å². The van der Waals surface area contributed by atoms with Crippen molar-refractivity contribution in [1.82, 2.24) is 5.43 Å². The third-order valence-corrected chi connectivity index (χ3v) is 4.97. The van der Waals surface area contributed by atoms with Crippen LogP contribution in [-0.2, 0) is 0 Å². The molecule has 30 heavy (non-hydrogen) atoms. The van der Waals surface area contributed by atoms with E-state index in [1.807, 2.05) is 6.07 Å². The first-order valence-electron chi connectivity index (χ1n) is 8.54. The van der Waals surface area contributed by atoms with E-state index in [0.717, 1.165) is 10.2 Å². The zero-order valence-electron chi connectivity index (χ0n) is 15.2. The summed E-state index contributed by atoms with van der Waals surface area (Å²) in [6.45, 7) is 0. The molecule has 9 heteroatoms. The Morgan fingerprint density at radius 2 is 1.87 bits per heavy atom. The number of halogens is 3. The molecule has 3 rings (SSSR count). The van der Waals surface area contributed by atoms with Crippen molar-refractivity contribution < 1.29 is 9.53 Å². The summed E-state index contributed by atoms with van der Waals surface area (Å²) in [5, 5.41) is 8.26. The average molecular weight is 523 g/mol. The smallest absolute Gasteiger partial charge is 0.345 e. The molecule has 3 aromatic carbocycles. The van der Waals surface area contributed by atoms with Gasteiger partial charge in [0.05, 0.1) is 16.8 Å². The lowest BCUT2D eigenvalue weighted by molar-refractivity contribution is 0.0734. The van der Waals surface area contributed by atoms with Crippen LogP contribution in [0.5, 0.6) is 5.75 Å². The lowest BCUT2D eigenvalue weighted by Crippen LogP contribution is -2.23. The number of hydrogen-bond acceptors (Lipinski definition) is 4. The Morgan fingerprint density at radius 1 is 1.07 bits per heavy atom. The van der Waals surface area contributed by atoms with E-state index in [9.17, 15) is 4.79 Å². The zero-order chi connectivity index (χ0) is 21.5. The molecule has 5 nitrogen and oxygen atoms in total. The summed E-state index contributed by atoms with van der Waals surface area (Å²) in [5.74, 6) is -0.244. The van der Waals surface area contributed by atoms with Crippen LogP contribution in [0.3, 0.4) is 0 Å². The van der Waals surface area contributed by atoms with Gasteiger partial charge in [-0.25, -0.2) is 4.79 Å². The number of ether oxygens (including phenoxy) is 1. The summed E-state index contributed by atoms with van der Waals surface area (Å²) in [7, 11) is 0. The molecule has 2 N–H and O–H groups in total. The molecule has 0 amide bonds. The van der Waals surface area contributed by atoms with Crippen molar-refractivity contribution in [2.45, 2.75) is 0 Å². The Kier molecular flexibility index (Phi) is 7.81. The number of thiocarbonyl (C=S) groups is 1. The molecule has 0 radical (unpaired) electrons. The van der Waals surface area contributed by atoms with Crippen LogP contribution in [0.2, 0.25) is 10.0 Å². The Labute approximate surface area is 197 Å². The Hall–Kier alpha value is -2.45. The predicted molar refractivity (Wildman–Crippen MR) is 129 cm³/mol. The quantitative estimate of drug-likeness (QED) is 0.135. The molecule has 0 unspecified atom stereocenters. The maximum Gasteiger partial charge on any atom is 0.345 e. The molecule has 0 spiro atoms. The minimum Gasteiger partial charge on any atom is -0.422 e. The molecule has 0 saturated carbocycles. The fraction of sp³-hybridized carbons (Fsp3) is 0. The van der Waals surface area contributed by atoms with Gasteiger partial charge in [0.25, 0.3) is 0 Å². The SMILES string of the molecule is O=C(Oc1ccc(Br)cc1/C=N/NC(=S)Nc1cccc(Cl)c1)c1ccccc1Cl. The van der Waals surface area contributed by atoms with Crippen molar-refractivity contribution in [2.75, 3.05) is 5.32 Å². The molecular formula is C21H14BrCl2N3O2S. The Bertz CT molecular complexity index is 1120. The zero-order valence-corrected chi connectivity index (χ0v) is 19.1. The molecule has 152 valence electrons. The number of carbonyl (C=O) groups excluding carboxylic acids is 1. The van der Waals surface area contributed by atoms with Gasteiger partial charge in [-0.2, -0.15) is 5.10 Å². The van der Waals surface area contributed by atoms with Gasteiger partial charge in [0.2, 0.25) is 0 Å². The van der Waals surface area contributed by atoms with Gasteiger partial charge in [-0.05, 0) is 60.7 Å². The van der Waals surface area contributed by atoms with Gasteiger partial charge >= 0.3 is 5.97 Å². The summed E-state index contributed by atoms with van der Waals surface area (Å²) in [6.07, 6.45) is 1.49. The van der Waals surface area contributed by atoms with Crippen LogP contribution < -0.4 is 15.5 Å². The van der Waals surface area contributed by atoms with Gasteiger partial charge in [-0.1, -0.05) is 57.3 Å². The predicted octanol–water partition coefficient (Wildman–Crippen LogP) is 6.30. The highest BCUT2D eigenvalue weighted by molar-refractivity contribution is 9.10. The van der Waals surface area contributed by atoms with Crippen molar-refractivity contribution in [1.29, 1.82) is 0 Å². The largest absolute Gasteiger partial charge is 0.422 e. The summed E-state index contributed by atoms with van der Waals surface area (Å²) < 4.78 is 6.30. The number of anilines is 1. The molecule has 0 atom stereocenters. The van der Waals surface area contributed by atoms with Crippen molar-refractivity contribution in [2.24, 2.45) is 5.10 Å². The number of hydrazone groups is 1. The monoisotopic (exact) mass is 521 g/mol. The van der Waals surface area contributed by atoms with Crippen LogP contribution in [0.15, 0.2) is 76.3 Å². The number of esters is 1. The van der Waals surface area contributed by atoms with Crippen LogP contribution in [-0.4, -0.2) is 17.3 Å². The highest BCUT2D eigenvalue weighted by Gasteiger charge is 2.14. The fourth-order valence-electron chi connectivity index (χ4n) is 2.38. The van der Waals surface area contributed by atoms with E-state index in [1.54, 1.807) is 60.7 Å². The second-order valence-electron chi connectivity index (χ2n) is 5.89. The van der Waals surface area contributed by atoms with Gasteiger partial charge in [-0.15, -0.1) is 0 Å². The van der Waals surface area contributed by atoms with E-state index < -0.39 is 5.97 Å². The molecule has 0 fully saturated rings. The van der Waals surface area contributed by atoms with Gasteiger partial charge in [0.1, 0.15) is 5.75 Å². The van der Waals surface area contributed by atoms with E-state index in [-0.39, 0.29) is 10.7 Å². The Morgan fingerprint density at radius 3 is 2.63 bits per heavy atom.